The van der Waals surface area contributed by atoms with E-state index in [0.29, 0.717) is 34.6 Å². The maximum Gasteiger partial charge on any atom is 0.350 e. The molecule has 3 aromatic carbocycles. The Morgan fingerprint density at radius 3 is 2.19 bits per heavy atom. The van der Waals surface area contributed by atoms with Gasteiger partial charge in [0.05, 0.1) is 23.9 Å². The van der Waals surface area contributed by atoms with E-state index in [1.54, 1.807) is 27.7 Å². The summed E-state index contributed by atoms with van der Waals surface area (Å²) in [4.78, 5) is 21.8. The van der Waals surface area contributed by atoms with Crippen molar-refractivity contribution < 1.29 is 23.7 Å². The zero-order valence-electron chi connectivity index (χ0n) is 29.1. The zero-order valence-corrected chi connectivity index (χ0v) is 30.6. The largest absolute Gasteiger partial charge is 0.491 e. The van der Waals surface area contributed by atoms with Gasteiger partial charge in [-0.2, -0.15) is 10.2 Å². The number of piperazine rings is 1. The van der Waals surface area contributed by atoms with Gasteiger partial charge in [0.2, 0.25) is 5.79 Å². The van der Waals surface area contributed by atoms with Crippen LogP contribution in [-0.4, -0.2) is 95.1 Å². The van der Waals surface area contributed by atoms with Crippen LogP contribution in [-0.2, 0) is 37.8 Å². The average molecular weight is 752 g/mol. The molecule has 0 N–H and O–H groups in total. The smallest absolute Gasteiger partial charge is 0.350 e. The van der Waals surface area contributed by atoms with Gasteiger partial charge in [-0.3, -0.25) is 0 Å². The monoisotopic (exact) mass is 750 g/mol. The van der Waals surface area contributed by atoms with E-state index in [9.17, 15) is 4.79 Å². The standard InChI is InChI=1S/C36H40Cl2N8O6/c1-25-41-45(19-34(48-2)49-3)35(47)46(25)29-7-5-27(6-8-29)42-14-16-43(17-15-42)28-9-11-30(12-10-28)50-20-31-21-51-36(52-31,22-44-24-39-23-40-44)32-13-4-26(37)18-33(32)38/h4-13,18,23-24,31,34H,14-17,19-22H2,1-3H3/t31-,36-/m1/s1. The molecule has 0 unspecified atom stereocenters. The fraction of sp³-hybridized carbons (Fsp3) is 0.389. The lowest BCUT2D eigenvalue weighted by molar-refractivity contribution is -0.190. The normalized spacial score (nSPS) is 19.2. The van der Waals surface area contributed by atoms with Crippen LogP contribution in [0.5, 0.6) is 5.75 Å². The Bertz CT molecular complexity index is 1990. The van der Waals surface area contributed by atoms with Crippen LogP contribution in [0.15, 0.2) is 84.2 Å². The second-order valence-electron chi connectivity index (χ2n) is 12.6. The fourth-order valence-electron chi connectivity index (χ4n) is 6.58. The molecule has 2 aliphatic rings. The first-order valence-corrected chi connectivity index (χ1v) is 17.7. The maximum absolute atomic E-state index is 13.1. The molecule has 52 heavy (non-hydrogen) atoms. The predicted molar refractivity (Wildman–Crippen MR) is 196 cm³/mol. The maximum atomic E-state index is 13.1. The van der Waals surface area contributed by atoms with Crippen molar-refractivity contribution in [1.82, 2.24) is 29.1 Å². The van der Waals surface area contributed by atoms with Crippen molar-refractivity contribution in [2.45, 2.75) is 38.2 Å². The average Bonchev–Trinajstić information content (AvgIpc) is 3.89. The number of hydrogen-bond donors (Lipinski definition) is 0. The first-order valence-electron chi connectivity index (χ1n) is 16.9. The summed E-state index contributed by atoms with van der Waals surface area (Å²) in [7, 11) is 3.07. The summed E-state index contributed by atoms with van der Waals surface area (Å²) in [6.07, 6.45) is 2.17. The van der Waals surface area contributed by atoms with E-state index < -0.39 is 12.1 Å². The summed E-state index contributed by atoms with van der Waals surface area (Å²) in [6, 6.07) is 21.4. The van der Waals surface area contributed by atoms with Gasteiger partial charge in [-0.1, -0.05) is 29.3 Å². The highest BCUT2D eigenvalue weighted by molar-refractivity contribution is 6.35. The van der Waals surface area contributed by atoms with Crippen molar-refractivity contribution in [3.63, 3.8) is 0 Å². The summed E-state index contributed by atoms with van der Waals surface area (Å²) in [5.74, 6) is 0.163. The Balaban J connectivity index is 0.923. The molecule has 2 aliphatic heterocycles. The quantitative estimate of drug-likeness (QED) is 0.158. The minimum atomic E-state index is -1.17. The molecule has 7 rings (SSSR count). The van der Waals surface area contributed by atoms with Gasteiger partial charge >= 0.3 is 5.69 Å². The van der Waals surface area contributed by atoms with E-state index in [-0.39, 0.29) is 24.9 Å². The molecule has 2 aromatic heterocycles. The van der Waals surface area contributed by atoms with Crippen LogP contribution in [0.2, 0.25) is 10.0 Å². The Kier molecular flexibility index (Phi) is 10.8. The van der Waals surface area contributed by atoms with E-state index in [1.807, 2.05) is 37.3 Å². The molecule has 2 atom stereocenters. The van der Waals surface area contributed by atoms with E-state index in [1.165, 1.54) is 25.2 Å². The molecule has 2 fully saturated rings. The number of rotatable bonds is 13. The first kappa shape index (κ1) is 35.9. The second kappa shape index (κ2) is 15.7. The first-order chi connectivity index (χ1) is 25.2. The Hall–Kier alpha value is -4.44. The summed E-state index contributed by atoms with van der Waals surface area (Å²) < 4.78 is 34.0. The molecule has 0 saturated carbocycles. The van der Waals surface area contributed by atoms with Crippen molar-refractivity contribution in [2.75, 3.05) is 63.4 Å². The highest BCUT2D eigenvalue weighted by atomic mass is 35.5. The van der Waals surface area contributed by atoms with Crippen molar-refractivity contribution in [1.29, 1.82) is 0 Å². The lowest BCUT2D eigenvalue weighted by Gasteiger charge is -2.37. The van der Waals surface area contributed by atoms with Gasteiger partial charge in [0.15, 0.2) is 6.29 Å². The van der Waals surface area contributed by atoms with Gasteiger partial charge in [-0.15, -0.1) is 0 Å². The molecule has 0 aliphatic carbocycles. The zero-order chi connectivity index (χ0) is 36.2. The van der Waals surface area contributed by atoms with Crippen LogP contribution in [0.25, 0.3) is 5.69 Å². The lowest BCUT2D eigenvalue weighted by atomic mass is 10.1. The number of ether oxygens (including phenoxy) is 5. The van der Waals surface area contributed by atoms with Gasteiger partial charge in [0.25, 0.3) is 0 Å². The van der Waals surface area contributed by atoms with Crippen molar-refractivity contribution in [2.24, 2.45) is 0 Å². The molecule has 16 heteroatoms. The molecular formula is C36H40Cl2N8O6. The van der Waals surface area contributed by atoms with Crippen LogP contribution >= 0.6 is 23.2 Å². The van der Waals surface area contributed by atoms with E-state index in [4.69, 9.17) is 46.9 Å². The lowest BCUT2D eigenvalue weighted by Crippen LogP contribution is -2.46. The highest BCUT2D eigenvalue weighted by Crippen LogP contribution is 2.40. The van der Waals surface area contributed by atoms with Crippen molar-refractivity contribution in [3.05, 3.63) is 111 Å². The molecule has 4 heterocycles. The molecule has 0 amide bonds. The number of benzene rings is 3. The minimum absolute atomic E-state index is 0.206. The molecule has 5 aromatic rings. The Morgan fingerprint density at radius 2 is 1.58 bits per heavy atom. The number of aryl methyl sites for hydroxylation is 1. The van der Waals surface area contributed by atoms with Crippen molar-refractivity contribution in [3.8, 4) is 11.4 Å². The topological polar surface area (TPSA) is 123 Å². The van der Waals surface area contributed by atoms with Gasteiger partial charge in [0.1, 0.15) is 43.5 Å². The van der Waals surface area contributed by atoms with Gasteiger partial charge < -0.3 is 33.5 Å². The number of anilines is 2. The third-order valence-corrected chi connectivity index (χ3v) is 9.82. The number of aromatic nitrogens is 6. The number of halogens is 2. The van der Waals surface area contributed by atoms with Gasteiger partial charge in [0, 0.05) is 62.4 Å². The summed E-state index contributed by atoms with van der Waals surface area (Å²) in [5.41, 5.74) is 3.41. The molecule has 2 saturated heterocycles. The third kappa shape index (κ3) is 7.68. The number of methoxy groups -OCH3 is 2. The van der Waals surface area contributed by atoms with E-state index in [2.05, 4.69) is 49.2 Å². The summed E-state index contributed by atoms with van der Waals surface area (Å²) in [6.45, 7) is 6.32. The second-order valence-corrected chi connectivity index (χ2v) is 13.4. The number of hydrogen-bond acceptors (Lipinski definition) is 11. The Morgan fingerprint density at radius 1 is 0.923 bits per heavy atom. The molecule has 274 valence electrons. The third-order valence-electron chi connectivity index (χ3n) is 9.28. The fourth-order valence-corrected chi connectivity index (χ4v) is 7.13. The summed E-state index contributed by atoms with van der Waals surface area (Å²) >= 11 is 12.8. The van der Waals surface area contributed by atoms with E-state index >= 15 is 0 Å². The summed E-state index contributed by atoms with van der Waals surface area (Å²) in [5, 5.41) is 9.59. The molecule has 0 bridgehead atoms. The SMILES string of the molecule is COC(Cn1nc(C)n(-c2ccc(N3CCN(c4ccc(OC[C@@H]5CO[C@@](Cn6cncn6)(c6ccc(Cl)cc6Cl)O5)cc4)CC3)cc2)c1=O)OC. The predicted octanol–water partition coefficient (Wildman–Crippen LogP) is 4.53. The van der Waals surface area contributed by atoms with Crippen LogP contribution in [0, 0.1) is 6.92 Å². The van der Waals surface area contributed by atoms with Gasteiger partial charge in [-0.25, -0.2) is 23.7 Å². The minimum Gasteiger partial charge on any atom is -0.491 e. The Labute approximate surface area is 310 Å². The molecule has 0 radical (unpaired) electrons. The molecular weight excluding hydrogens is 711 g/mol. The molecule has 14 nitrogen and oxygen atoms in total. The van der Waals surface area contributed by atoms with Crippen molar-refractivity contribution >= 4 is 34.6 Å². The van der Waals surface area contributed by atoms with Crippen LogP contribution in [0.1, 0.15) is 11.4 Å². The molecule has 0 spiro atoms. The van der Waals surface area contributed by atoms with Crippen LogP contribution in [0.3, 0.4) is 0 Å². The van der Waals surface area contributed by atoms with Gasteiger partial charge in [-0.05, 0) is 67.6 Å². The highest BCUT2D eigenvalue weighted by Gasteiger charge is 2.45. The van der Waals surface area contributed by atoms with Crippen LogP contribution in [0.4, 0.5) is 11.4 Å². The van der Waals surface area contributed by atoms with Crippen LogP contribution < -0.4 is 20.2 Å². The number of nitrogens with zero attached hydrogens (tertiary/aromatic N) is 8. The van der Waals surface area contributed by atoms with E-state index in [0.717, 1.165) is 49.0 Å².